The molecule has 3 heteroatoms. The predicted molar refractivity (Wildman–Crippen MR) is 108 cm³/mol. The van der Waals surface area contributed by atoms with Gasteiger partial charge in [-0.05, 0) is 29.8 Å². The maximum Gasteiger partial charge on any atom is 0.0302 e. The van der Waals surface area contributed by atoms with E-state index in [1.807, 2.05) is 0 Å². The smallest absolute Gasteiger partial charge is 0.0302 e. The molecule has 0 aliphatic rings. The lowest BCUT2D eigenvalue weighted by atomic mass is 10.1. The molecule has 0 aliphatic carbocycles. The van der Waals surface area contributed by atoms with E-state index < -0.39 is 0 Å². The van der Waals surface area contributed by atoms with Crippen LogP contribution in [0.5, 0.6) is 0 Å². The highest BCUT2D eigenvalue weighted by Gasteiger charge is 2.03. The molecule has 0 spiro atoms. The van der Waals surface area contributed by atoms with Gasteiger partial charge in [-0.3, -0.25) is 0 Å². The fourth-order valence-electron chi connectivity index (χ4n) is 2.52. The first-order chi connectivity index (χ1) is 12.1. The molecule has 0 amide bonds. The molecule has 2 aromatic rings. The number of hydrogen-bond donors (Lipinski definition) is 1. The molecule has 2 N–H and O–H groups in total. The zero-order valence-corrected chi connectivity index (χ0v) is 15.4. The molecule has 0 aliphatic heterocycles. The third-order valence-electron chi connectivity index (χ3n) is 4.29. The summed E-state index contributed by atoms with van der Waals surface area (Å²) in [5.74, 6) is 0. The lowest BCUT2D eigenvalue weighted by molar-refractivity contribution is 0.283. The largest absolute Gasteiger partial charge is 0.374 e. The first kappa shape index (κ1) is 19.0. The molecular formula is C22H29N3. The second kappa shape index (κ2) is 9.82. The summed E-state index contributed by atoms with van der Waals surface area (Å²) in [6.45, 7) is 7.64. The van der Waals surface area contributed by atoms with Crippen LogP contribution in [-0.4, -0.2) is 37.0 Å². The average Bonchev–Trinajstić information content (AvgIpc) is 2.65. The minimum absolute atomic E-state index is 0.579. The van der Waals surface area contributed by atoms with E-state index in [2.05, 4.69) is 97.2 Å². The van der Waals surface area contributed by atoms with E-state index >= 15 is 0 Å². The Hall–Kier alpha value is -2.36. The molecule has 0 fully saturated rings. The van der Waals surface area contributed by atoms with Gasteiger partial charge in [0.2, 0.25) is 0 Å². The molecule has 25 heavy (non-hydrogen) atoms. The minimum atomic E-state index is 0.579. The van der Waals surface area contributed by atoms with Crippen LogP contribution in [0.1, 0.15) is 16.7 Å². The van der Waals surface area contributed by atoms with Crippen molar-refractivity contribution < 1.29 is 0 Å². The molecule has 0 heterocycles. The summed E-state index contributed by atoms with van der Waals surface area (Å²) in [6.07, 6.45) is 4.15. The van der Waals surface area contributed by atoms with Gasteiger partial charge < -0.3 is 15.5 Å². The van der Waals surface area contributed by atoms with Crippen molar-refractivity contribution in [1.82, 2.24) is 9.80 Å². The fraction of sp³-hybridized carbons (Fsp3) is 0.273. The van der Waals surface area contributed by atoms with E-state index in [1.54, 1.807) is 0 Å². The quantitative estimate of drug-likeness (QED) is 0.709. The number of rotatable bonds is 9. The molecular weight excluding hydrogens is 306 g/mol. The van der Waals surface area contributed by atoms with Crippen LogP contribution in [0.3, 0.4) is 0 Å². The van der Waals surface area contributed by atoms with Crippen LogP contribution in [0.4, 0.5) is 0 Å². The van der Waals surface area contributed by atoms with Gasteiger partial charge in [-0.25, -0.2) is 0 Å². The lowest BCUT2D eigenvalue weighted by Gasteiger charge is -2.24. The van der Waals surface area contributed by atoms with Gasteiger partial charge in [0.1, 0.15) is 0 Å². The van der Waals surface area contributed by atoms with Gasteiger partial charge in [-0.2, -0.15) is 0 Å². The number of benzene rings is 2. The maximum atomic E-state index is 5.63. The van der Waals surface area contributed by atoms with E-state index in [1.165, 1.54) is 5.56 Å². The summed E-state index contributed by atoms with van der Waals surface area (Å²) in [6, 6.07) is 18.8. The summed E-state index contributed by atoms with van der Waals surface area (Å²) in [7, 11) is 4.24. The van der Waals surface area contributed by atoms with E-state index in [-0.39, 0.29) is 0 Å². The van der Waals surface area contributed by atoms with E-state index in [9.17, 15) is 0 Å². The summed E-state index contributed by atoms with van der Waals surface area (Å²) >= 11 is 0. The number of nitrogens with two attached hydrogens (primary N) is 1. The van der Waals surface area contributed by atoms with Crippen molar-refractivity contribution >= 4 is 6.08 Å². The molecule has 0 saturated heterocycles. The van der Waals surface area contributed by atoms with E-state index in [0.29, 0.717) is 6.54 Å². The Morgan fingerprint density at radius 1 is 0.960 bits per heavy atom. The zero-order valence-electron chi connectivity index (χ0n) is 15.4. The molecule has 0 saturated carbocycles. The second-order valence-electron chi connectivity index (χ2n) is 6.42. The SMILES string of the molecule is C=C(/C=C/c1ccc(CN)cc1)N(C)CCN(C)Cc1ccccc1. The van der Waals surface area contributed by atoms with E-state index in [0.717, 1.165) is 36.5 Å². The summed E-state index contributed by atoms with van der Waals surface area (Å²) in [4.78, 5) is 4.51. The standard InChI is InChI=1S/C22H29N3/c1-19(9-10-20-11-13-21(17-23)14-12-20)25(3)16-15-24(2)18-22-7-5-4-6-8-22/h4-14H,1,15-18,23H2,2-3H3/b10-9+. The van der Waals surface area contributed by atoms with E-state index in [4.69, 9.17) is 5.73 Å². The van der Waals surface area contributed by atoms with Gasteiger partial charge in [0.05, 0.1) is 0 Å². The minimum Gasteiger partial charge on any atom is -0.374 e. The van der Waals surface area contributed by atoms with Gasteiger partial charge in [0.25, 0.3) is 0 Å². The fourth-order valence-corrected chi connectivity index (χ4v) is 2.52. The Kier molecular flexibility index (Phi) is 7.45. The van der Waals surface area contributed by atoms with Crippen molar-refractivity contribution in [2.75, 3.05) is 27.2 Å². The number of nitrogens with zero attached hydrogens (tertiary/aromatic N) is 2. The van der Waals surface area contributed by atoms with Crippen LogP contribution < -0.4 is 5.73 Å². The Bertz CT molecular complexity index is 674. The molecule has 132 valence electrons. The highest BCUT2D eigenvalue weighted by Crippen LogP contribution is 2.09. The molecule has 3 nitrogen and oxygen atoms in total. The van der Waals surface area contributed by atoms with Crippen LogP contribution in [0.15, 0.2) is 72.9 Å². The van der Waals surface area contributed by atoms with Gasteiger partial charge in [0, 0.05) is 38.9 Å². The Balaban J connectivity index is 1.78. The average molecular weight is 335 g/mol. The maximum absolute atomic E-state index is 5.63. The molecule has 0 radical (unpaired) electrons. The molecule has 0 aromatic heterocycles. The lowest BCUT2D eigenvalue weighted by Crippen LogP contribution is -2.29. The molecule has 0 bridgehead atoms. The number of hydrogen-bond acceptors (Lipinski definition) is 3. The van der Waals surface area contributed by atoms with Crippen molar-refractivity contribution in [1.29, 1.82) is 0 Å². The third kappa shape index (κ3) is 6.57. The van der Waals surface area contributed by atoms with Crippen molar-refractivity contribution in [2.45, 2.75) is 13.1 Å². The summed E-state index contributed by atoms with van der Waals surface area (Å²) in [5.41, 5.74) is 10.3. The van der Waals surface area contributed by atoms with Gasteiger partial charge >= 0.3 is 0 Å². The Morgan fingerprint density at radius 2 is 1.64 bits per heavy atom. The number of likely N-dealkylation sites (N-methyl/N-ethyl adjacent to an activating group) is 2. The van der Waals surface area contributed by atoms with Gasteiger partial charge in [-0.15, -0.1) is 0 Å². The summed E-state index contributed by atoms with van der Waals surface area (Å²) in [5, 5.41) is 0. The molecule has 0 atom stereocenters. The Labute approximate surface area is 152 Å². The van der Waals surface area contributed by atoms with Crippen molar-refractivity contribution in [3.63, 3.8) is 0 Å². The normalized spacial score (nSPS) is 11.2. The van der Waals surface area contributed by atoms with Crippen molar-refractivity contribution in [3.8, 4) is 0 Å². The van der Waals surface area contributed by atoms with Crippen LogP contribution in [-0.2, 0) is 13.1 Å². The molecule has 0 unspecified atom stereocenters. The van der Waals surface area contributed by atoms with Crippen LogP contribution >= 0.6 is 0 Å². The van der Waals surface area contributed by atoms with Gasteiger partial charge in [-0.1, -0.05) is 67.3 Å². The first-order valence-corrected chi connectivity index (χ1v) is 8.68. The third-order valence-corrected chi connectivity index (χ3v) is 4.29. The van der Waals surface area contributed by atoms with Crippen LogP contribution in [0.25, 0.3) is 6.08 Å². The molecule has 2 rings (SSSR count). The highest BCUT2D eigenvalue weighted by atomic mass is 15.2. The topological polar surface area (TPSA) is 32.5 Å². The zero-order chi connectivity index (χ0) is 18.1. The van der Waals surface area contributed by atoms with Crippen molar-refractivity contribution in [3.05, 3.63) is 89.6 Å². The number of allylic oxidation sites excluding steroid dienone is 1. The molecule has 2 aromatic carbocycles. The highest BCUT2D eigenvalue weighted by molar-refractivity contribution is 5.52. The second-order valence-corrected chi connectivity index (χ2v) is 6.42. The monoisotopic (exact) mass is 335 g/mol. The summed E-state index contributed by atoms with van der Waals surface area (Å²) < 4.78 is 0. The van der Waals surface area contributed by atoms with Crippen LogP contribution in [0.2, 0.25) is 0 Å². The Morgan fingerprint density at radius 3 is 2.28 bits per heavy atom. The predicted octanol–water partition coefficient (Wildman–Crippen LogP) is 3.74. The van der Waals surface area contributed by atoms with Crippen molar-refractivity contribution in [2.24, 2.45) is 5.73 Å². The van der Waals surface area contributed by atoms with Gasteiger partial charge in [0.15, 0.2) is 0 Å². The van der Waals surface area contributed by atoms with Crippen LogP contribution in [0, 0.1) is 0 Å². The first-order valence-electron chi connectivity index (χ1n) is 8.68.